The number of benzene rings is 14. The van der Waals surface area contributed by atoms with Crippen LogP contribution in [-0.2, 0) is 0 Å². The molecule has 0 aliphatic carbocycles. The van der Waals surface area contributed by atoms with E-state index in [1.807, 2.05) is 0 Å². The van der Waals surface area contributed by atoms with Crippen LogP contribution >= 0.6 is 0 Å². The third-order valence-electron chi connectivity index (χ3n) is 15.1. The number of aryl methyl sites for hydroxylation is 2. The summed E-state index contributed by atoms with van der Waals surface area (Å²) in [5.41, 5.74) is 13.9. The van der Waals surface area contributed by atoms with Gasteiger partial charge in [0.05, 0.1) is 0 Å². The van der Waals surface area contributed by atoms with Crippen LogP contribution in [-0.4, -0.2) is 0 Å². The highest BCUT2D eigenvalue weighted by molar-refractivity contribution is 6.25. The largest absolute Gasteiger partial charge is 0.310 e. The molecule has 14 rings (SSSR count). The average Bonchev–Trinajstić information content (AvgIpc) is 3.44. The van der Waals surface area contributed by atoms with Gasteiger partial charge in [0, 0.05) is 34.1 Å². The Labute approximate surface area is 431 Å². The lowest BCUT2D eigenvalue weighted by Crippen LogP contribution is -2.10. The maximum absolute atomic E-state index is 2.47. The van der Waals surface area contributed by atoms with Crippen molar-refractivity contribution in [1.29, 1.82) is 0 Å². The minimum Gasteiger partial charge on any atom is -0.310 e. The van der Waals surface area contributed by atoms with Crippen molar-refractivity contribution in [2.24, 2.45) is 0 Å². The number of hydrogen-bond acceptors (Lipinski definition) is 2. The Balaban J connectivity index is 1.09. The fourth-order valence-electron chi connectivity index (χ4n) is 11.8. The number of nitrogens with zero attached hydrogens (tertiary/aromatic N) is 2. The topological polar surface area (TPSA) is 6.48 Å². The molecule has 0 atom stereocenters. The van der Waals surface area contributed by atoms with Gasteiger partial charge in [-0.3, -0.25) is 0 Å². The molecular weight excluding hydrogens is 893 g/mol. The third-order valence-corrected chi connectivity index (χ3v) is 15.1. The van der Waals surface area contributed by atoms with Crippen molar-refractivity contribution < 1.29 is 0 Å². The van der Waals surface area contributed by atoms with Crippen LogP contribution in [0.5, 0.6) is 0 Å². The standard InChI is InChI=1S/C72H50N2/c1-47-38-48(2)40-58(39-47)71-67-36-34-64(74(61-32-28-51-16-5-9-21-56(51)43-61)62-33-29-52-17-6-10-22-57(52)44-62)46-70(67)72(66-25-13-23-53-18-11-12-24-65(53)66)68-37-35-63(45-69(68)71)73(59-30-26-49-14-3-7-19-54(49)41-59)60-31-27-50-15-4-8-20-55(50)42-60/h3-46H,1-2H3. The highest BCUT2D eigenvalue weighted by atomic mass is 15.1. The normalized spacial score (nSPS) is 11.6. The van der Waals surface area contributed by atoms with Crippen LogP contribution in [0.4, 0.5) is 34.1 Å². The first kappa shape index (κ1) is 43.3. The smallest absolute Gasteiger partial charge is 0.0468 e. The second-order valence-electron chi connectivity index (χ2n) is 19.9. The molecule has 0 amide bonds. The van der Waals surface area contributed by atoms with Crippen molar-refractivity contribution in [2.45, 2.75) is 13.8 Å². The zero-order valence-corrected chi connectivity index (χ0v) is 41.3. The Hall–Kier alpha value is -9.50. The minimum atomic E-state index is 1.09. The lowest BCUT2D eigenvalue weighted by molar-refractivity contribution is 1.30. The molecule has 0 saturated heterocycles. The first-order valence-corrected chi connectivity index (χ1v) is 25.6. The molecule has 0 fully saturated rings. The van der Waals surface area contributed by atoms with Gasteiger partial charge in [-0.2, -0.15) is 0 Å². The third kappa shape index (κ3) is 7.50. The summed E-state index contributed by atoms with van der Waals surface area (Å²) in [5.74, 6) is 0. The molecule has 2 nitrogen and oxygen atoms in total. The summed E-state index contributed by atoms with van der Waals surface area (Å²) in [6.45, 7) is 4.45. The van der Waals surface area contributed by atoms with Gasteiger partial charge in [-0.05, 0) is 184 Å². The molecule has 0 spiro atoms. The van der Waals surface area contributed by atoms with Gasteiger partial charge in [0.15, 0.2) is 0 Å². The Bertz CT molecular complexity index is 4360. The summed E-state index contributed by atoms with van der Waals surface area (Å²) in [6, 6.07) is 99.2. The molecule has 0 unspecified atom stereocenters. The fraction of sp³-hybridized carbons (Fsp3) is 0.0278. The Kier molecular flexibility index (Phi) is 10.3. The summed E-state index contributed by atoms with van der Waals surface area (Å²) in [6.07, 6.45) is 0. The second kappa shape index (κ2) is 17.7. The van der Waals surface area contributed by atoms with Crippen LogP contribution in [0.25, 0.3) is 97.7 Å². The first-order valence-electron chi connectivity index (χ1n) is 25.6. The monoisotopic (exact) mass is 942 g/mol. The molecule has 14 aromatic rings. The zero-order valence-electron chi connectivity index (χ0n) is 41.3. The predicted molar refractivity (Wildman–Crippen MR) is 319 cm³/mol. The SMILES string of the molecule is Cc1cc(C)cc(-c2c3cc(N(c4ccc5ccccc5c4)c4ccc5ccccc5c4)ccc3c(-c3cccc4ccccc34)c3cc(N(c4ccc5ccccc5c4)c4ccc5ccccc5c4)ccc23)c1. The highest BCUT2D eigenvalue weighted by Crippen LogP contribution is 2.50. The van der Waals surface area contributed by atoms with Crippen LogP contribution in [0, 0.1) is 13.8 Å². The van der Waals surface area contributed by atoms with Crippen molar-refractivity contribution >= 4 is 110 Å². The quantitative estimate of drug-likeness (QED) is 0.140. The van der Waals surface area contributed by atoms with Crippen LogP contribution < -0.4 is 9.80 Å². The average molecular weight is 943 g/mol. The summed E-state index contributed by atoms with van der Waals surface area (Å²) >= 11 is 0. The molecule has 0 radical (unpaired) electrons. The Morgan fingerprint density at radius 1 is 0.216 bits per heavy atom. The van der Waals surface area contributed by atoms with Crippen LogP contribution in [0.15, 0.2) is 267 Å². The summed E-state index contributed by atoms with van der Waals surface area (Å²) in [4.78, 5) is 4.89. The summed E-state index contributed by atoms with van der Waals surface area (Å²) in [7, 11) is 0. The molecule has 0 saturated carbocycles. The maximum atomic E-state index is 2.47. The molecule has 74 heavy (non-hydrogen) atoms. The van der Waals surface area contributed by atoms with E-state index in [0.717, 1.165) is 34.1 Å². The van der Waals surface area contributed by atoms with E-state index >= 15 is 0 Å². The minimum absolute atomic E-state index is 1.09. The van der Waals surface area contributed by atoms with Gasteiger partial charge in [-0.1, -0.05) is 205 Å². The predicted octanol–water partition coefficient (Wildman–Crippen LogP) is 20.6. The van der Waals surface area contributed by atoms with Crippen molar-refractivity contribution in [3.8, 4) is 22.3 Å². The fourth-order valence-corrected chi connectivity index (χ4v) is 11.8. The summed E-state index contributed by atoms with van der Waals surface area (Å²) < 4.78 is 0. The number of hydrogen-bond donors (Lipinski definition) is 0. The number of anilines is 6. The molecule has 0 N–H and O–H groups in total. The number of rotatable bonds is 8. The van der Waals surface area contributed by atoms with Crippen molar-refractivity contribution in [2.75, 3.05) is 9.80 Å². The van der Waals surface area contributed by atoms with Gasteiger partial charge in [-0.25, -0.2) is 0 Å². The van der Waals surface area contributed by atoms with Crippen LogP contribution in [0.3, 0.4) is 0 Å². The lowest BCUT2D eigenvalue weighted by Gasteiger charge is -2.29. The van der Waals surface area contributed by atoms with E-state index in [9.17, 15) is 0 Å². The summed E-state index contributed by atoms with van der Waals surface area (Å²) in [5, 5.41) is 16.9. The highest BCUT2D eigenvalue weighted by Gasteiger charge is 2.24. The van der Waals surface area contributed by atoms with E-state index < -0.39 is 0 Å². The van der Waals surface area contributed by atoms with Gasteiger partial charge in [0.25, 0.3) is 0 Å². The molecule has 2 heteroatoms. The van der Waals surface area contributed by atoms with Crippen molar-refractivity contribution in [1.82, 2.24) is 0 Å². The Morgan fingerprint density at radius 3 is 1.00 bits per heavy atom. The van der Waals surface area contributed by atoms with E-state index in [1.54, 1.807) is 0 Å². The lowest BCUT2D eigenvalue weighted by atomic mass is 9.83. The molecule has 14 aromatic carbocycles. The van der Waals surface area contributed by atoms with E-state index in [-0.39, 0.29) is 0 Å². The molecule has 0 bridgehead atoms. The van der Waals surface area contributed by atoms with Gasteiger partial charge in [0.1, 0.15) is 0 Å². The van der Waals surface area contributed by atoms with Gasteiger partial charge >= 0.3 is 0 Å². The van der Waals surface area contributed by atoms with Crippen LogP contribution in [0.2, 0.25) is 0 Å². The van der Waals surface area contributed by atoms with E-state index in [1.165, 1.54) is 109 Å². The zero-order chi connectivity index (χ0) is 49.3. The van der Waals surface area contributed by atoms with Crippen LogP contribution in [0.1, 0.15) is 11.1 Å². The van der Waals surface area contributed by atoms with E-state index in [0.29, 0.717) is 0 Å². The van der Waals surface area contributed by atoms with E-state index in [4.69, 9.17) is 0 Å². The number of fused-ring (bicyclic) bond motifs is 7. The molecule has 0 aromatic heterocycles. The van der Waals surface area contributed by atoms with Crippen molar-refractivity contribution in [3.05, 3.63) is 278 Å². The van der Waals surface area contributed by atoms with Gasteiger partial charge < -0.3 is 9.80 Å². The van der Waals surface area contributed by atoms with Gasteiger partial charge in [0.2, 0.25) is 0 Å². The Morgan fingerprint density at radius 2 is 0.554 bits per heavy atom. The molecule has 0 aliphatic rings. The molecule has 348 valence electrons. The molecule has 0 aliphatic heterocycles. The first-order chi connectivity index (χ1) is 36.5. The van der Waals surface area contributed by atoms with Gasteiger partial charge in [-0.15, -0.1) is 0 Å². The van der Waals surface area contributed by atoms with E-state index in [2.05, 4.69) is 291 Å². The van der Waals surface area contributed by atoms with Crippen molar-refractivity contribution in [3.63, 3.8) is 0 Å². The maximum Gasteiger partial charge on any atom is 0.0468 e. The molecular formula is C72H50N2. The molecule has 0 heterocycles. The second-order valence-corrected chi connectivity index (χ2v) is 19.9.